The van der Waals surface area contributed by atoms with Gasteiger partial charge in [0.25, 0.3) is 0 Å². The van der Waals surface area contributed by atoms with Gasteiger partial charge in [0.2, 0.25) is 5.88 Å². The summed E-state index contributed by atoms with van der Waals surface area (Å²) in [6.07, 6.45) is 3.47. The molecule has 3 rings (SSSR count). The summed E-state index contributed by atoms with van der Waals surface area (Å²) >= 11 is 0. The zero-order valence-electron chi connectivity index (χ0n) is 21.7. The van der Waals surface area contributed by atoms with E-state index in [1.54, 1.807) is 6.20 Å². The fourth-order valence-corrected chi connectivity index (χ4v) is 3.39. The van der Waals surface area contributed by atoms with Crippen molar-refractivity contribution in [3.63, 3.8) is 0 Å². The van der Waals surface area contributed by atoms with Crippen LogP contribution in [-0.4, -0.2) is 49.5 Å². The Morgan fingerprint density at radius 1 is 1.11 bits per heavy atom. The van der Waals surface area contributed by atoms with Crippen molar-refractivity contribution in [2.75, 3.05) is 26.9 Å². The second-order valence-corrected chi connectivity index (χ2v) is 9.30. The van der Waals surface area contributed by atoms with Gasteiger partial charge in [-0.05, 0) is 66.0 Å². The number of nitrogens with zero attached hydrogens (tertiary/aromatic N) is 1. The van der Waals surface area contributed by atoms with E-state index in [0.717, 1.165) is 24.0 Å². The highest BCUT2D eigenvalue weighted by Gasteiger charge is 2.54. The Morgan fingerprint density at radius 2 is 1.86 bits per heavy atom. The van der Waals surface area contributed by atoms with Crippen LogP contribution in [0.25, 0.3) is 0 Å². The molecule has 192 valence electrons. The molecule has 0 saturated heterocycles. The molecule has 1 heterocycles. The van der Waals surface area contributed by atoms with Crippen molar-refractivity contribution in [2.24, 2.45) is 0 Å². The molecule has 0 radical (unpaired) electrons. The Morgan fingerprint density at radius 3 is 2.43 bits per heavy atom. The number of ether oxygens (including phenoxy) is 4. The number of nitrogens with one attached hydrogen (secondary N) is 1. The maximum atomic E-state index is 12.2. The molecule has 1 aliphatic carbocycles. The van der Waals surface area contributed by atoms with Gasteiger partial charge in [0.1, 0.15) is 11.4 Å². The molecule has 1 amide bonds. The van der Waals surface area contributed by atoms with Crippen LogP contribution >= 0.6 is 0 Å². The number of pyridine rings is 1. The van der Waals surface area contributed by atoms with Crippen molar-refractivity contribution >= 4 is 12.1 Å². The van der Waals surface area contributed by atoms with Crippen molar-refractivity contribution in [3.8, 4) is 11.6 Å². The number of aryl methyl sites for hydroxylation is 1. The fourth-order valence-electron chi connectivity index (χ4n) is 3.39. The van der Waals surface area contributed by atoms with Crippen LogP contribution in [0.1, 0.15) is 58.1 Å². The SMILES string of the molecule is CCOc1ccccn1.COC(=O)C1(c2cc(C)ccc2OCCCNC(=O)OC(C)(C)C)CC1. The number of benzene rings is 1. The van der Waals surface area contributed by atoms with Crippen LogP contribution in [0.5, 0.6) is 11.6 Å². The quantitative estimate of drug-likeness (QED) is 0.395. The topological polar surface area (TPSA) is 96.0 Å². The number of hydrogen-bond acceptors (Lipinski definition) is 7. The van der Waals surface area contributed by atoms with Crippen LogP contribution in [0.2, 0.25) is 0 Å². The standard InChI is InChI=1S/C20H29NO5.C7H9NO/c1-14-7-8-16(15(13-14)20(9-10-20)17(22)24-5)25-12-6-11-21-18(23)26-19(2,3)4;1-2-9-7-5-3-4-6-8-7/h7-8,13H,6,9-12H2,1-5H3,(H,21,23);3-6H,2H2,1H3. The molecule has 1 N–H and O–H groups in total. The Kier molecular flexibility index (Phi) is 10.4. The number of hydrogen-bond donors (Lipinski definition) is 1. The summed E-state index contributed by atoms with van der Waals surface area (Å²) in [6, 6.07) is 11.5. The van der Waals surface area contributed by atoms with Gasteiger partial charge in [0.05, 0.1) is 25.7 Å². The van der Waals surface area contributed by atoms with Gasteiger partial charge in [-0.1, -0.05) is 23.8 Å². The van der Waals surface area contributed by atoms with Crippen LogP contribution in [0, 0.1) is 6.92 Å². The summed E-state index contributed by atoms with van der Waals surface area (Å²) in [5.74, 6) is 1.19. The highest BCUT2D eigenvalue weighted by atomic mass is 16.6. The number of aromatic nitrogens is 1. The molecule has 1 fully saturated rings. The average molecular weight is 487 g/mol. The molecular formula is C27H38N2O6. The third-order valence-electron chi connectivity index (χ3n) is 5.15. The lowest BCUT2D eigenvalue weighted by Crippen LogP contribution is -2.33. The van der Waals surface area contributed by atoms with E-state index >= 15 is 0 Å². The molecule has 8 heteroatoms. The third kappa shape index (κ3) is 9.11. The first kappa shape index (κ1) is 28.0. The molecule has 1 aromatic carbocycles. The van der Waals surface area contributed by atoms with Crippen molar-refractivity contribution in [2.45, 2.75) is 64.9 Å². The number of esters is 1. The summed E-state index contributed by atoms with van der Waals surface area (Å²) in [6.45, 7) is 11.0. The Hall–Kier alpha value is -3.29. The Labute approximate surface area is 208 Å². The van der Waals surface area contributed by atoms with Crippen molar-refractivity contribution < 1.29 is 28.5 Å². The third-order valence-corrected chi connectivity index (χ3v) is 5.15. The number of carbonyl (C=O) groups is 2. The molecule has 1 aliphatic rings. The summed E-state index contributed by atoms with van der Waals surface area (Å²) in [5.41, 5.74) is 0.896. The number of alkyl carbamates (subject to hydrolysis) is 1. The van der Waals surface area contributed by atoms with E-state index in [1.165, 1.54) is 7.11 Å². The average Bonchev–Trinajstić information content (AvgIpc) is 3.61. The zero-order valence-corrected chi connectivity index (χ0v) is 21.7. The fraction of sp³-hybridized carbons (Fsp3) is 0.519. The number of amides is 1. The van der Waals surface area contributed by atoms with Gasteiger partial charge >= 0.3 is 12.1 Å². The van der Waals surface area contributed by atoms with E-state index in [0.29, 0.717) is 37.8 Å². The van der Waals surface area contributed by atoms with Crippen LogP contribution in [-0.2, 0) is 19.7 Å². The molecule has 0 spiro atoms. The van der Waals surface area contributed by atoms with Gasteiger partial charge in [-0.25, -0.2) is 9.78 Å². The summed E-state index contributed by atoms with van der Waals surface area (Å²) in [4.78, 5) is 27.7. The molecule has 0 aliphatic heterocycles. The van der Waals surface area contributed by atoms with Gasteiger partial charge in [0.15, 0.2) is 0 Å². The van der Waals surface area contributed by atoms with Crippen molar-refractivity contribution in [1.29, 1.82) is 0 Å². The van der Waals surface area contributed by atoms with Gasteiger partial charge in [0, 0.05) is 24.4 Å². The van der Waals surface area contributed by atoms with E-state index in [-0.39, 0.29) is 5.97 Å². The smallest absolute Gasteiger partial charge is 0.407 e. The maximum Gasteiger partial charge on any atom is 0.407 e. The second kappa shape index (κ2) is 13.0. The summed E-state index contributed by atoms with van der Waals surface area (Å²) in [5, 5.41) is 2.70. The molecular weight excluding hydrogens is 448 g/mol. The van der Waals surface area contributed by atoms with Gasteiger partial charge in [-0.3, -0.25) is 4.79 Å². The lowest BCUT2D eigenvalue weighted by atomic mass is 9.93. The van der Waals surface area contributed by atoms with Crippen molar-refractivity contribution in [1.82, 2.24) is 10.3 Å². The van der Waals surface area contributed by atoms with Crippen LogP contribution in [0.4, 0.5) is 4.79 Å². The predicted molar refractivity (Wildman–Crippen MR) is 134 cm³/mol. The van der Waals surface area contributed by atoms with Crippen LogP contribution in [0.15, 0.2) is 42.6 Å². The normalized spacial score (nSPS) is 13.5. The first-order chi connectivity index (χ1) is 16.6. The molecule has 0 bridgehead atoms. The van der Waals surface area contributed by atoms with E-state index in [1.807, 2.05) is 71.0 Å². The molecule has 0 unspecified atom stereocenters. The molecule has 2 aromatic rings. The first-order valence-electron chi connectivity index (χ1n) is 11.9. The maximum absolute atomic E-state index is 12.2. The number of rotatable bonds is 9. The largest absolute Gasteiger partial charge is 0.493 e. The monoisotopic (exact) mass is 486 g/mol. The predicted octanol–water partition coefficient (Wildman–Crippen LogP) is 4.97. The second-order valence-electron chi connectivity index (χ2n) is 9.30. The molecule has 1 aromatic heterocycles. The van der Waals surface area contributed by atoms with E-state index in [9.17, 15) is 9.59 Å². The van der Waals surface area contributed by atoms with Gasteiger partial charge < -0.3 is 24.3 Å². The highest BCUT2D eigenvalue weighted by molar-refractivity contribution is 5.87. The van der Waals surface area contributed by atoms with Gasteiger partial charge in [-0.15, -0.1) is 0 Å². The molecule has 35 heavy (non-hydrogen) atoms. The zero-order chi connectivity index (χ0) is 25.9. The van der Waals surface area contributed by atoms with E-state index in [4.69, 9.17) is 18.9 Å². The minimum Gasteiger partial charge on any atom is -0.493 e. The number of methoxy groups -OCH3 is 1. The Bertz CT molecular complexity index is 952. The summed E-state index contributed by atoms with van der Waals surface area (Å²) in [7, 11) is 1.42. The van der Waals surface area contributed by atoms with Crippen LogP contribution < -0.4 is 14.8 Å². The highest BCUT2D eigenvalue weighted by Crippen LogP contribution is 2.52. The first-order valence-corrected chi connectivity index (χ1v) is 11.9. The Balaban J connectivity index is 0.000000402. The molecule has 1 saturated carbocycles. The molecule has 8 nitrogen and oxygen atoms in total. The van der Waals surface area contributed by atoms with Crippen molar-refractivity contribution in [3.05, 3.63) is 53.7 Å². The molecule has 0 atom stereocenters. The number of carbonyl (C=O) groups excluding carboxylic acids is 2. The lowest BCUT2D eigenvalue weighted by molar-refractivity contribution is -0.143. The van der Waals surface area contributed by atoms with Gasteiger partial charge in [-0.2, -0.15) is 0 Å². The van der Waals surface area contributed by atoms with Crippen LogP contribution in [0.3, 0.4) is 0 Å². The lowest BCUT2D eigenvalue weighted by Gasteiger charge is -2.20. The summed E-state index contributed by atoms with van der Waals surface area (Å²) < 4.78 is 21.2. The van der Waals surface area contributed by atoms with E-state index < -0.39 is 17.1 Å². The minimum atomic E-state index is -0.565. The van der Waals surface area contributed by atoms with E-state index in [2.05, 4.69) is 10.3 Å². The minimum absolute atomic E-state index is 0.209.